The summed E-state index contributed by atoms with van der Waals surface area (Å²) in [7, 11) is 0. The lowest BCUT2D eigenvalue weighted by Crippen LogP contribution is -2.08. The van der Waals surface area contributed by atoms with Crippen LogP contribution in [0.5, 0.6) is 0 Å². The molecule has 1 aliphatic rings. The molecule has 0 aromatic heterocycles. The predicted molar refractivity (Wildman–Crippen MR) is 26.1 cm³/mol. The molecule has 1 aliphatic heterocycles. The number of ether oxygens (including phenoxy) is 2. The topological polar surface area (TPSA) is 35.5 Å². The molecule has 0 saturated carbocycles. The smallest absolute Gasteiger partial charge is 0.188 e. The number of hydrogen-bond donors (Lipinski definition) is 0. The van der Waals surface area contributed by atoms with Crippen molar-refractivity contribution in [1.29, 1.82) is 0 Å². The fourth-order valence-corrected chi connectivity index (χ4v) is 0.445. The van der Waals surface area contributed by atoms with Gasteiger partial charge in [-0.3, -0.25) is 4.79 Å². The summed E-state index contributed by atoms with van der Waals surface area (Å²) in [6.45, 7) is 0.640. The Bertz CT molecular complexity index is 117. The maximum absolute atomic E-state index is 9.93. The minimum Gasteiger partial charge on any atom is -0.475 e. The first-order valence-corrected chi connectivity index (χ1v) is 2.27. The molecule has 0 saturated heterocycles. The second kappa shape index (κ2) is 2.47. The molecule has 1 heterocycles. The monoisotopic (exact) mass is 114 g/mol. The average Bonchev–Trinajstić information content (AvgIpc) is 1.90. The van der Waals surface area contributed by atoms with Gasteiger partial charge in [0.2, 0.25) is 0 Å². The van der Waals surface area contributed by atoms with E-state index in [1.165, 1.54) is 6.26 Å². The van der Waals surface area contributed by atoms with Gasteiger partial charge in [0.05, 0.1) is 18.4 Å². The van der Waals surface area contributed by atoms with E-state index in [1.807, 2.05) is 0 Å². The maximum Gasteiger partial charge on any atom is 0.188 e. The van der Waals surface area contributed by atoms with Crippen LogP contribution in [-0.2, 0) is 14.3 Å². The van der Waals surface area contributed by atoms with Gasteiger partial charge in [-0.1, -0.05) is 0 Å². The zero-order chi connectivity index (χ0) is 5.82. The number of carbonyl (C=O) groups excluding carboxylic acids is 1. The molecular weight excluding hydrogens is 108 g/mol. The quantitative estimate of drug-likeness (QED) is 0.452. The summed E-state index contributed by atoms with van der Waals surface area (Å²) in [5.74, 6) is 0. The molecule has 1 rings (SSSR count). The molecule has 3 heteroatoms. The minimum atomic E-state index is 0.261. The molecule has 0 radical (unpaired) electrons. The molecule has 0 spiro atoms. The summed E-state index contributed by atoms with van der Waals surface area (Å²) in [4.78, 5) is 9.93. The summed E-state index contributed by atoms with van der Waals surface area (Å²) in [6, 6.07) is 0. The summed E-state index contributed by atoms with van der Waals surface area (Å²) in [5.41, 5.74) is 0.552. The number of carbonyl (C=O) groups is 1. The van der Waals surface area contributed by atoms with Gasteiger partial charge < -0.3 is 9.47 Å². The van der Waals surface area contributed by atoms with Crippen molar-refractivity contribution in [3.8, 4) is 0 Å². The molecule has 0 atom stereocenters. The van der Waals surface area contributed by atoms with E-state index in [2.05, 4.69) is 4.74 Å². The van der Waals surface area contributed by atoms with Crippen molar-refractivity contribution in [1.82, 2.24) is 0 Å². The van der Waals surface area contributed by atoms with Gasteiger partial charge >= 0.3 is 0 Å². The first kappa shape index (κ1) is 5.31. The van der Waals surface area contributed by atoms with Crippen LogP contribution in [-0.4, -0.2) is 19.7 Å². The third kappa shape index (κ3) is 1.07. The standard InChI is InChI=1S/C5H6O3/c6-1-5-2-7-4-8-3-5/h1-2H,3-4H2. The van der Waals surface area contributed by atoms with E-state index in [4.69, 9.17) is 4.74 Å². The lowest BCUT2D eigenvalue weighted by atomic mass is 10.3. The predicted octanol–water partition coefficient (Wildman–Crippen LogP) is 0.0735. The van der Waals surface area contributed by atoms with Crippen molar-refractivity contribution >= 4 is 6.29 Å². The van der Waals surface area contributed by atoms with Crippen LogP contribution in [0.4, 0.5) is 0 Å². The van der Waals surface area contributed by atoms with Crippen molar-refractivity contribution in [3.63, 3.8) is 0 Å². The SMILES string of the molecule is O=CC1=COCOC1. The highest BCUT2D eigenvalue weighted by Crippen LogP contribution is 1.98. The second-order valence-corrected chi connectivity index (χ2v) is 1.44. The van der Waals surface area contributed by atoms with Gasteiger partial charge in [0.15, 0.2) is 13.1 Å². The van der Waals surface area contributed by atoms with Gasteiger partial charge in [-0.25, -0.2) is 0 Å². The van der Waals surface area contributed by atoms with Crippen molar-refractivity contribution in [2.24, 2.45) is 0 Å². The lowest BCUT2D eigenvalue weighted by molar-refractivity contribution is -0.107. The second-order valence-electron chi connectivity index (χ2n) is 1.44. The van der Waals surface area contributed by atoms with Crippen LogP contribution in [0.2, 0.25) is 0 Å². The molecule has 0 amide bonds. The Morgan fingerprint density at radius 1 is 1.75 bits per heavy atom. The molecule has 0 aliphatic carbocycles. The van der Waals surface area contributed by atoms with Crippen LogP contribution in [0, 0.1) is 0 Å². The van der Waals surface area contributed by atoms with Crippen LogP contribution in [0.15, 0.2) is 11.8 Å². The van der Waals surface area contributed by atoms with Gasteiger partial charge in [-0.2, -0.15) is 0 Å². The summed E-state index contributed by atoms with van der Waals surface area (Å²) >= 11 is 0. The van der Waals surface area contributed by atoms with E-state index in [1.54, 1.807) is 0 Å². The molecule has 0 bridgehead atoms. The average molecular weight is 114 g/mol. The van der Waals surface area contributed by atoms with E-state index in [-0.39, 0.29) is 6.79 Å². The van der Waals surface area contributed by atoms with E-state index >= 15 is 0 Å². The molecule has 44 valence electrons. The Morgan fingerprint density at radius 3 is 3.00 bits per heavy atom. The Kier molecular flexibility index (Phi) is 1.64. The molecule has 0 unspecified atom stereocenters. The van der Waals surface area contributed by atoms with E-state index in [9.17, 15) is 4.79 Å². The lowest BCUT2D eigenvalue weighted by Gasteiger charge is -2.08. The normalized spacial score (nSPS) is 18.8. The number of rotatable bonds is 1. The van der Waals surface area contributed by atoms with Crippen LogP contribution in [0.25, 0.3) is 0 Å². The Morgan fingerprint density at radius 2 is 2.62 bits per heavy atom. The highest BCUT2D eigenvalue weighted by atomic mass is 16.7. The van der Waals surface area contributed by atoms with Gasteiger partial charge in [-0.15, -0.1) is 0 Å². The largest absolute Gasteiger partial charge is 0.475 e. The third-order valence-corrected chi connectivity index (χ3v) is 0.806. The Hall–Kier alpha value is -0.830. The van der Waals surface area contributed by atoms with E-state index in [0.29, 0.717) is 12.2 Å². The molecular formula is C5H6O3. The van der Waals surface area contributed by atoms with Crippen LogP contribution < -0.4 is 0 Å². The highest BCUT2D eigenvalue weighted by Gasteiger charge is 2.00. The zero-order valence-corrected chi connectivity index (χ0v) is 4.29. The zero-order valence-electron chi connectivity index (χ0n) is 4.29. The van der Waals surface area contributed by atoms with Gasteiger partial charge in [0, 0.05) is 0 Å². The minimum absolute atomic E-state index is 0.261. The third-order valence-electron chi connectivity index (χ3n) is 0.806. The summed E-state index contributed by atoms with van der Waals surface area (Å²) in [5, 5.41) is 0. The first-order valence-electron chi connectivity index (χ1n) is 2.27. The Labute approximate surface area is 46.9 Å². The van der Waals surface area contributed by atoms with Crippen LogP contribution in [0.3, 0.4) is 0 Å². The summed E-state index contributed by atoms with van der Waals surface area (Å²) in [6.07, 6.45) is 2.13. The Balaban J connectivity index is 2.49. The van der Waals surface area contributed by atoms with Gasteiger partial charge in [0.1, 0.15) is 0 Å². The first-order chi connectivity index (χ1) is 3.93. The molecule has 8 heavy (non-hydrogen) atoms. The van der Waals surface area contributed by atoms with E-state index < -0.39 is 0 Å². The van der Waals surface area contributed by atoms with Crippen molar-refractivity contribution in [2.75, 3.05) is 13.4 Å². The van der Waals surface area contributed by atoms with Crippen molar-refractivity contribution in [3.05, 3.63) is 11.8 Å². The number of hydrogen-bond acceptors (Lipinski definition) is 3. The van der Waals surface area contributed by atoms with Gasteiger partial charge in [-0.05, 0) is 0 Å². The molecule has 0 aromatic rings. The molecule has 0 aromatic carbocycles. The van der Waals surface area contributed by atoms with Crippen LogP contribution in [0.1, 0.15) is 0 Å². The molecule has 3 nitrogen and oxygen atoms in total. The van der Waals surface area contributed by atoms with Crippen molar-refractivity contribution < 1.29 is 14.3 Å². The van der Waals surface area contributed by atoms with Gasteiger partial charge in [0.25, 0.3) is 0 Å². The van der Waals surface area contributed by atoms with E-state index in [0.717, 1.165) is 6.29 Å². The van der Waals surface area contributed by atoms with Crippen LogP contribution >= 0.6 is 0 Å². The maximum atomic E-state index is 9.93. The number of aldehydes is 1. The highest BCUT2D eigenvalue weighted by molar-refractivity contribution is 5.73. The summed E-state index contributed by atoms with van der Waals surface area (Å²) < 4.78 is 9.41. The molecule has 0 fully saturated rings. The molecule has 0 N–H and O–H groups in total. The fourth-order valence-electron chi connectivity index (χ4n) is 0.445. The van der Waals surface area contributed by atoms with Crippen molar-refractivity contribution in [2.45, 2.75) is 0 Å². The fraction of sp³-hybridized carbons (Fsp3) is 0.400.